The van der Waals surface area contributed by atoms with Gasteiger partial charge in [-0.25, -0.2) is 9.67 Å². The number of hydrogen-bond acceptors (Lipinski definition) is 4. The third-order valence-corrected chi connectivity index (χ3v) is 5.20. The van der Waals surface area contributed by atoms with Gasteiger partial charge < -0.3 is 4.90 Å². The lowest BCUT2D eigenvalue weighted by atomic mass is 10.1. The second-order valence-electron chi connectivity index (χ2n) is 5.73. The van der Waals surface area contributed by atoms with Gasteiger partial charge in [0.05, 0.1) is 27.7 Å². The summed E-state index contributed by atoms with van der Waals surface area (Å²) in [6, 6.07) is 5.97. The highest BCUT2D eigenvalue weighted by Crippen LogP contribution is 2.29. The predicted molar refractivity (Wildman–Crippen MR) is 91.7 cm³/mol. The lowest BCUT2D eigenvalue weighted by Crippen LogP contribution is -2.27. The van der Waals surface area contributed by atoms with Gasteiger partial charge in [0.1, 0.15) is 0 Å². The zero-order chi connectivity index (χ0) is 15.8. The van der Waals surface area contributed by atoms with Gasteiger partial charge in [-0.2, -0.15) is 5.10 Å². The van der Waals surface area contributed by atoms with E-state index in [-0.39, 0.29) is 5.91 Å². The van der Waals surface area contributed by atoms with Gasteiger partial charge >= 0.3 is 0 Å². The monoisotopic (exact) mass is 326 g/mol. The SMILES string of the molecule is CCn1ncc2c(C(=O)N3CCCC3)cc(-c3cccs3)nc21. The van der Waals surface area contributed by atoms with Crippen LogP contribution in [-0.4, -0.2) is 38.7 Å². The molecule has 4 rings (SSSR count). The number of aryl methyl sites for hydroxylation is 1. The van der Waals surface area contributed by atoms with Crippen LogP contribution >= 0.6 is 11.3 Å². The molecule has 3 aromatic rings. The van der Waals surface area contributed by atoms with E-state index in [0.29, 0.717) is 0 Å². The Hall–Kier alpha value is -2.21. The number of amides is 1. The van der Waals surface area contributed by atoms with Gasteiger partial charge in [0.2, 0.25) is 0 Å². The minimum Gasteiger partial charge on any atom is -0.339 e. The molecule has 0 bridgehead atoms. The van der Waals surface area contributed by atoms with E-state index in [0.717, 1.165) is 59.6 Å². The Bertz CT molecular complexity index is 847. The van der Waals surface area contributed by atoms with E-state index in [2.05, 4.69) is 5.10 Å². The van der Waals surface area contributed by atoms with Gasteiger partial charge in [0.25, 0.3) is 5.91 Å². The Morgan fingerprint density at radius 1 is 1.35 bits per heavy atom. The van der Waals surface area contributed by atoms with Crippen molar-refractivity contribution in [1.29, 1.82) is 0 Å². The number of likely N-dealkylation sites (tertiary alicyclic amines) is 1. The number of pyridine rings is 1. The Labute approximate surface area is 138 Å². The molecular formula is C17H18N4OS. The molecule has 1 aliphatic heterocycles. The predicted octanol–water partition coefficient (Wildman–Crippen LogP) is 3.42. The second kappa shape index (κ2) is 5.77. The summed E-state index contributed by atoms with van der Waals surface area (Å²) in [7, 11) is 0. The maximum absolute atomic E-state index is 12.9. The van der Waals surface area contributed by atoms with Crippen LogP contribution in [0.1, 0.15) is 30.1 Å². The maximum Gasteiger partial charge on any atom is 0.254 e. The highest BCUT2D eigenvalue weighted by Gasteiger charge is 2.24. The van der Waals surface area contributed by atoms with Crippen molar-refractivity contribution in [2.75, 3.05) is 13.1 Å². The molecule has 6 heteroatoms. The van der Waals surface area contributed by atoms with Crippen LogP contribution in [0.15, 0.2) is 29.8 Å². The summed E-state index contributed by atoms with van der Waals surface area (Å²) in [5.41, 5.74) is 2.37. The summed E-state index contributed by atoms with van der Waals surface area (Å²) >= 11 is 1.64. The minimum atomic E-state index is 0.100. The van der Waals surface area contributed by atoms with Crippen LogP contribution in [-0.2, 0) is 6.54 Å². The molecule has 4 heterocycles. The van der Waals surface area contributed by atoms with E-state index in [4.69, 9.17) is 4.98 Å². The largest absolute Gasteiger partial charge is 0.339 e. The van der Waals surface area contributed by atoms with Crippen LogP contribution in [0.5, 0.6) is 0 Å². The van der Waals surface area contributed by atoms with Crippen molar-refractivity contribution in [2.45, 2.75) is 26.3 Å². The van der Waals surface area contributed by atoms with Crippen molar-refractivity contribution < 1.29 is 4.79 Å². The van der Waals surface area contributed by atoms with Gasteiger partial charge in [-0.3, -0.25) is 4.79 Å². The summed E-state index contributed by atoms with van der Waals surface area (Å²) in [6.45, 7) is 4.47. The van der Waals surface area contributed by atoms with Gasteiger partial charge in [-0.1, -0.05) is 6.07 Å². The maximum atomic E-state index is 12.9. The number of hydrogen-bond donors (Lipinski definition) is 0. The fraction of sp³-hybridized carbons (Fsp3) is 0.353. The summed E-state index contributed by atoms with van der Waals surface area (Å²) in [6.07, 6.45) is 3.95. The number of carbonyl (C=O) groups is 1. The number of nitrogens with zero attached hydrogens (tertiary/aromatic N) is 4. The molecule has 1 fully saturated rings. The zero-order valence-corrected chi connectivity index (χ0v) is 13.8. The molecule has 0 saturated carbocycles. The highest BCUT2D eigenvalue weighted by atomic mass is 32.1. The van der Waals surface area contributed by atoms with E-state index >= 15 is 0 Å². The van der Waals surface area contributed by atoms with E-state index in [1.807, 2.05) is 40.1 Å². The van der Waals surface area contributed by atoms with Crippen molar-refractivity contribution >= 4 is 28.3 Å². The summed E-state index contributed by atoms with van der Waals surface area (Å²) in [4.78, 5) is 20.7. The molecule has 118 valence electrons. The number of fused-ring (bicyclic) bond motifs is 1. The molecule has 3 aromatic heterocycles. The summed E-state index contributed by atoms with van der Waals surface area (Å²) < 4.78 is 1.85. The average Bonchev–Trinajstić information content (AvgIpc) is 3.33. The van der Waals surface area contributed by atoms with E-state index < -0.39 is 0 Å². The van der Waals surface area contributed by atoms with Crippen molar-refractivity contribution in [3.8, 4) is 10.6 Å². The van der Waals surface area contributed by atoms with Crippen LogP contribution in [0.2, 0.25) is 0 Å². The molecule has 23 heavy (non-hydrogen) atoms. The number of aromatic nitrogens is 3. The molecular weight excluding hydrogens is 308 g/mol. The fourth-order valence-corrected chi connectivity index (χ4v) is 3.78. The standard InChI is InChI=1S/C17H18N4OS/c1-2-21-16-13(11-18-21)12(17(22)20-7-3-4-8-20)10-14(19-16)15-6-5-9-23-15/h5-6,9-11H,2-4,7-8H2,1H3. The van der Waals surface area contributed by atoms with E-state index in [1.165, 1.54) is 0 Å². The first-order chi connectivity index (χ1) is 11.3. The van der Waals surface area contributed by atoms with E-state index in [1.54, 1.807) is 17.5 Å². The Balaban J connectivity index is 1.90. The molecule has 5 nitrogen and oxygen atoms in total. The van der Waals surface area contributed by atoms with Gasteiger partial charge in [0.15, 0.2) is 5.65 Å². The number of carbonyl (C=O) groups excluding carboxylic acids is 1. The molecule has 0 spiro atoms. The van der Waals surface area contributed by atoms with E-state index in [9.17, 15) is 4.79 Å². The molecule has 0 aromatic carbocycles. The molecule has 1 amide bonds. The molecule has 0 N–H and O–H groups in total. The fourth-order valence-electron chi connectivity index (χ4n) is 3.10. The third kappa shape index (κ3) is 2.43. The Morgan fingerprint density at radius 2 is 2.17 bits per heavy atom. The van der Waals surface area contributed by atoms with Gasteiger partial charge in [-0.05, 0) is 37.3 Å². The number of thiophene rings is 1. The highest BCUT2D eigenvalue weighted by molar-refractivity contribution is 7.13. The summed E-state index contributed by atoms with van der Waals surface area (Å²) in [5.74, 6) is 0.100. The van der Waals surface area contributed by atoms with Crippen molar-refractivity contribution in [1.82, 2.24) is 19.7 Å². The first-order valence-corrected chi connectivity index (χ1v) is 8.85. The first kappa shape index (κ1) is 14.4. The second-order valence-corrected chi connectivity index (χ2v) is 6.68. The molecule has 0 atom stereocenters. The smallest absolute Gasteiger partial charge is 0.254 e. The molecule has 0 unspecified atom stereocenters. The Kier molecular flexibility index (Phi) is 3.61. The van der Waals surface area contributed by atoms with Crippen molar-refractivity contribution in [3.63, 3.8) is 0 Å². The van der Waals surface area contributed by atoms with Crippen LogP contribution in [0.25, 0.3) is 21.6 Å². The Morgan fingerprint density at radius 3 is 2.87 bits per heavy atom. The van der Waals surface area contributed by atoms with Crippen molar-refractivity contribution in [2.24, 2.45) is 0 Å². The molecule has 0 radical (unpaired) electrons. The molecule has 1 aliphatic rings. The van der Waals surface area contributed by atoms with Crippen LogP contribution in [0.4, 0.5) is 0 Å². The summed E-state index contributed by atoms with van der Waals surface area (Å²) in [5, 5.41) is 7.27. The lowest BCUT2D eigenvalue weighted by Gasteiger charge is -2.16. The third-order valence-electron chi connectivity index (χ3n) is 4.31. The topological polar surface area (TPSA) is 51.0 Å². The van der Waals surface area contributed by atoms with Crippen LogP contribution < -0.4 is 0 Å². The van der Waals surface area contributed by atoms with Crippen molar-refractivity contribution in [3.05, 3.63) is 35.3 Å². The quantitative estimate of drug-likeness (QED) is 0.741. The molecule has 0 aliphatic carbocycles. The van der Waals surface area contributed by atoms with Gasteiger partial charge in [0, 0.05) is 19.6 Å². The normalized spacial score (nSPS) is 14.7. The minimum absolute atomic E-state index is 0.100. The van der Waals surface area contributed by atoms with Crippen LogP contribution in [0, 0.1) is 0 Å². The van der Waals surface area contributed by atoms with Crippen LogP contribution in [0.3, 0.4) is 0 Å². The van der Waals surface area contributed by atoms with Gasteiger partial charge in [-0.15, -0.1) is 11.3 Å². The molecule has 1 saturated heterocycles. The number of rotatable bonds is 3. The first-order valence-electron chi connectivity index (χ1n) is 7.97. The average molecular weight is 326 g/mol. The lowest BCUT2D eigenvalue weighted by molar-refractivity contribution is 0.0794. The zero-order valence-electron chi connectivity index (χ0n) is 13.0.